The largest absolute Gasteiger partial charge is 0.497 e. The van der Waals surface area contributed by atoms with E-state index in [1.807, 2.05) is 31.2 Å². The fraction of sp³-hybridized carbons (Fsp3) is 0.154. The van der Waals surface area contributed by atoms with Crippen molar-refractivity contribution in [1.82, 2.24) is 4.90 Å². The number of hydrogen-bond donors (Lipinski definition) is 1. The lowest BCUT2D eigenvalue weighted by Gasteiger charge is -2.16. The summed E-state index contributed by atoms with van der Waals surface area (Å²) in [5.41, 5.74) is 3.51. The average molecular weight is 463 g/mol. The number of carbonyl (C=O) groups is 2. The first kappa shape index (κ1) is 22.4. The molecule has 0 atom stereocenters. The Balaban J connectivity index is 1.77. The number of carbonyl (C=O) groups excluding carboxylic acids is 2. The summed E-state index contributed by atoms with van der Waals surface area (Å²) in [6.07, 6.45) is 0. The Kier molecular flexibility index (Phi) is 6.38. The number of benzene rings is 3. The molecule has 6 nitrogen and oxygen atoms in total. The molecular weight excluding hydrogens is 440 g/mol. The second kappa shape index (κ2) is 9.38. The molecule has 0 aliphatic carbocycles. The van der Waals surface area contributed by atoms with Crippen LogP contribution in [-0.4, -0.2) is 30.9 Å². The molecule has 168 valence electrons. The van der Waals surface area contributed by atoms with Gasteiger partial charge in [-0.15, -0.1) is 0 Å². The minimum atomic E-state index is -0.421. The van der Waals surface area contributed by atoms with E-state index in [9.17, 15) is 9.59 Å². The number of amides is 2. The fourth-order valence-electron chi connectivity index (χ4n) is 3.64. The van der Waals surface area contributed by atoms with Gasteiger partial charge in [0.05, 0.1) is 32.0 Å². The van der Waals surface area contributed by atoms with Crippen molar-refractivity contribution in [3.05, 3.63) is 94.1 Å². The summed E-state index contributed by atoms with van der Waals surface area (Å²) in [5, 5.41) is 3.73. The van der Waals surface area contributed by atoms with Gasteiger partial charge in [0.25, 0.3) is 11.8 Å². The predicted octanol–water partition coefficient (Wildman–Crippen LogP) is 5.06. The highest BCUT2D eigenvalue weighted by Gasteiger charge is 2.39. The number of aryl methyl sites for hydroxylation is 1. The summed E-state index contributed by atoms with van der Waals surface area (Å²) in [4.78, 5) is 28.2. The summed E-state index contributed by atoms with van der Waals surface area (Å²) in [5.74, 6) is 0.312. The average Bonchev–Trinajstić information content (AvgIpc) is 3.05. The quantitative estimate of drug-likeness (QED) is 0.497. The summed E-state index contributed by atoms with van der Waals surface area (Å²) in [6.45, 7) is 2.09. The number of ether oxygens (including phenoxy) is 2. The smallest absolute Gasteiger partial charge is 0.278 e. The lowest BCUT2D eigenvalue weighted by molar-refractivity contribution is -0.137. The van der Waals surface area contributed by atoms with E-state index in [1.165, 1.54) is 12.0 Å². The van der Waals surface area contributed by atoms with E-state index in [-0.39, 0.29) is 18.1 Å². The molecule has 3 aromatic carbocycles. The van der Waals surface area contributed by atoms with Crippen molar-refractivity contribution in [2.45, 2.75) is 13.5 Å². The topological polar surface area (TPSA) is 67.9 Å². The van der Waals surface area contributed by atoms with Crippen LogP contribution < -0.4 is 14.8 Å². The Hall–Kier alpha value is -3.77. The molecule has 1 aliphatic rings. The molecule has 0 aromatic heterocycles. The van der Waals surface area contributed by atoms with E-state index < -0.39 is 5.91 Å². The number of rotatable bonds is 7. The van der Waals surface area contributed by atoms with E-state index in [0.717, 1.165) is 11.1 Å². The molecule has 1 aliphatic heterocycles. The van der Waals surface area contributed by atoms with Crippen molar-refractivity contribution >= 4 is 34.7 Å². The third-order valence-electron chi connectivity index (χ3n) is 5.43. The molecule has 3 aromatic rings. The Morgan fingerprint density at radius 2 is 1.58 bits per heavy atom. The van der Waals surface area contributed by atoms with Crippen molar-refractivity contribution in [2.75, 3.05) is 19.5 Å². The first-order valence-corrected chi connectivity index (χ1v) is 10.7. The van der Waals surface area contributed by atoms with Crippen LogP contribution in [0, 0.1) is 6.92 Å². The third-order valence-corrected chi connectivity index (χ3v) is 5.68. The van der Waals surface area contributed by atoms with Gasteiger partial charge in [-0.3, -0.25) is 14.5 Å². The highest BCUT2D eigenvalue weighted by Crippen LogP contribution is 2.35. The van der Waals surface area contributed by atoms with Gasteiger partial charge in [-0.05, 0) is 42.3 Å². The first-order chi connectivity index (χ1) is 15.9. The minimum absolute atomic E-state index is 0.130. The van der Waals surface area contributed by atoms with Crippen LogP contribution in [0.2, 0.25) is 5.02 Å². The standard InChI is InChI=1S/C26H23ClN2O4/c1-16-4-8-18(9-5-16)23-24(28-21-14-20(32-2)12-13-22(21)33-3)26(31)29(25(23)30)15-17-6-10-19(27)11-7-17/h4-14,28H,15H2,1-3H3. The second-order valence-electron chi connectivity index (χ2n) is 7.63. The zero-order valence-corrected chi connectivity index (χ0v) is 19.3. The van der Waals surface area contributed by atoms with Crippen LogP contribution in [0.4, 0.5) is 5.69 Å². The summed E-state index contributed by atoms with van der Waals surface area (Å²) < 4.78 is 10.8. The Morgan fingerprint density at radius 3 is 2.21 bits per heavy atom. The molecule has 0 fully saturated rings. The maximum Gasteiger partial charge on any atom is 0.278 e. The molecule has 0 radical (unpaired) electrons. The monoisotopic (exact) mass is 462 g/mol. The predicted molar refractivity (Wildman–Crippen MR) is 128 cm³/mol. The van der Waals surface area contributed by atoms with Gasteiger partial charge in [0, 0.05) is 11.1 Å². The Morgan fingerprint density at radius 1 is 0.879 bits per heavy atom. The van der Waals surface area contributed by atoms with Crippen LogP contribution in [0.1, 0.15) is 16.7 Å². The van der Waals surface area contributed by atoms with Crippen molar-refractivity contribution in [3.8, 4) is 11.5 Å². The van der Waals surface area contributed by atoms with Gasteiger partial charge in [-0.2, -0.15) is 0 Å². The minimum Gasteiger partial charge on any atom is -0.497 e. The Bertz CT molecular complexity index is 1230. The number of nitrogens with one attached hydrogen (secondary N) is 1. The van der Waals surface area contributed by atoms with E-state index in [2.05, 4.69) is 5.32 Å². The molecule has 0 saturated carbocycles. The van der Waals surface area contributed by atoms with Gasteiger partial charge in [-0.25, -0.2) is 0 Å². The van der Waals surface area contributed by atoms with Crippen LogP contribution in [0.5, 0.6) is 11.5 Å². The van der Waals surface area contributed by atoms with Gasteiger partial charge in [-0.1, -0.05) is 53.6 Å². The third kappa shape index (κ3) is 4.56. The second-order valence-corrected chi connectivity index (χ2v) is 8.07. The van der Waals surface area contributed by atoms with Crippen LogP contribution in [0.15, 0.2) is 72.4 Å². The molecule has 33 heavy (non-hydrogen) atoms. The molecule has 1 N–H and O–H groups in total. The summed E-state index contributed by atoms with van der Waals surface area (Å²) in [6, 6.07) is 19.8. The van der Waals surface area contributed by atoms with Crippen molar-refractivity contribution in [2.24, 2.45) is 0 Å². The first-order valence-electron chi connectivity index (χ1n) is 10.3. The van der Waals surface area contributed by atoms with Gasteiger partial charge >= 0.3 is 0 Å². The van der Waals surface area contributed by atoms with Crippen LogP contribution in [-0.2, 0) is 16.1 Å². The zero-order chi connectivity index (χ0) is 23.5. The molecule has 4 rings (SSSR count). The molecule has 1 heterocycles. The van der Waals surface area contributed by atoms with Crippen molar-refractivity contribution in [3.63, 3.8) is 0 Å². The number of anilines is 1. The lowest BCUT2D eigenvalue weighted by Crippen LogP contribution is -2.32. The molecule has 0 spiro atoms. The molecule has 0 unspecified atom stereocenters. The molecule has 7 heteroatoms. The van der Waals surface area contributed by atoms with Crippen molar-refractivity contribution < 1.29 is 19.1 Å². The number of imide groups is 1. The van der Waals surface area contributed by atoms with Gasteiger partial charge in [0.2, 0.25) is 0 Å². The van der Waals surface area contributed by atoms with Crippen LogP contribution in [0.3, 0.4) is 0 Å². The summed E-state index contributed by atoms with van der Waals surface area (Å²) in [7, 11) is 3.09. The van der Waals surface area contributed by atoms with E-state index >= 15 is 0 Å². The van der Waals surface area contributed by atoms with E-state index in [1.54, 1.807) is 49.6 Å². The Labute approximate surface area is 197 Å². The molecule has 2 amide bonds. The highest BCUT2D eigenvalue weighted by atomic mass is 35.5. The fourth-order valence-corrected chi connectivity index (χ4v) is 3.77. The molecule has 0 saturated heterocycles. The van der Waals surface area contributed by atoms with Gasteiger partial charge < -0.3 is 14.8 Å². The number of hydrogen-bond acceptors (Lipinski definition) is 5. The number of halogens is 1. The van der Waals surface area contributed by atoms with E-state index in [0.29, 0.717) is 33.3 Å². The number of nitrogens with zero attached hydrogens (tertiary/aromatic N) is 1. The molecular formula is C26H23ClN2O4. The van der Waals surface area contributed by atoms with Gasteiger partial charge in [0.15, 0.2) is 0 Å². The maximum atomic E-state index is 13.5. The summed E-state index contributed by atoms with van der Waals surface area (Å²) >= 11 is 5.98. The van der Waals surface area contributed by atoms with E-state index in [4.69, 9.17) is 21.1 Å². The molecule has 0 bridgehead atoms. The highest BCUT2D eigenvalue weighted by molar-refractivity contribution is 6.36. The number of methoxy groups -OCH3 is 2. The van der Waals surface area contributed by atoms with Crippen LogP contribution >= 0.6 is 11.6 Å². The maximum absolute atomic E-state index is 13.5. The van der Waals surface area contributed by atoms with Crippen molar-refractivity contribution in [1.29, 1.82) is 0 Å². The lowest BCUT2D eigenvalue weighted by atomic mass is 10.0. The zero-order valence-electron chi connectivity index (χ0n) is 18.5. The normalized spacial score (nSPS) is 13.5. The SMILES string of the molecule is COc1ccc(OC)c(NC2=C(c3ccc(C)cc3)C(=O)N(Cc3ccc(Cl)cc3)C2=O)c1. The van der Waals surface area contributed by atoms with Crippen LogP contribution in [0.25, 0.3) is 5.57 Å². The van der Waals surface area contributed by atoms with Gasteiger partial charge in [0.1, 0.15) is 17.2 Å².